The molecule has 0 saturated carbocycles. The molecule has 1 fully saturated rings. The van der Waals surface area contributed by atoms with Crippen LogP contribution >= 0.6 is 0 Å². The zero-order chi connectivity index (χ0) is 13.8. The highest BCUT2D eigenvalue weighted by Crippen LogP contribution is 2.24. The lowest BCUT2D eigenvalue weighted by atomic mass is 10.1. The molecule has 0 amide bonds. The van der Waals surface area contributed by atoms with Gasteiger partial charge in [-0.2, -0.15) is 0 Å². The Kier molecular flexibility index (Phi) is 4.85. The minimum Gasteiger partial charge on any atom is -0.395 e. The van der Waals surface area contributed by atoms with Crippen LogP contribution in [0.25, 0.3) is 0 Å². The standard InChI is InChI=1S/C14H20F2N2O/c1-11(13-3-2-12(15)10-14(13)16)18-6-4-17(5-7-18)8-9-19/h2-3,10-11,19H,4-9H2,1H3. The fourth-order valence-electron chi connectivity index (χ4n) is 2.55. The lowest BCUT2D eigenvalue weighted by molar-refractivity contribution is 0.0877. The minimum absolute atomic E-state index is 0.0584. The van der Waals surface area contributed by atoms with Gasteiger partial charge in [-0.25, -0.2) is 8.78 Å². The maximum atomic E-state index is 13.7. The molecule has 1 N–H and O–H groups in total. The summed E-state index contributed by atoms with van der Waals surface area (Å²) in [4.78, 5) is 4.37. The van der Waals surface area contributed by atoms with E-state index in [0.717, 1.165) is 32.2 Å². The topological polar surface area (TPSA) is 26.7 Å². The summed E-state index contributed by atoms with van der Waals surface area (Å²) in [6.07, 6.45) is 0. The van der Waals surface area contributed by atoms with Crippen molar-refractivity contribution in [1.29, 1.82) is 0 Å². The minimum atomic E-state index is -0.541. The summed E-state index contributed by atoms with van der Waals surface area (Å²) >= 11 is 0. The summed E-state index contributed by atoms with van der Waals surface area (Å²) < 4.78 is 26.6. The third-order valence-electron chi connectivity index (χ3n) is 3.78. The van der Waals surface area contributed by atoms with Gasteiger partial charge in [0.1, 0.15) is 11.6 Å². The van der Waals surface area contributed by atoms with Crippen LogP contribution in [0.4, 0.5) is 8.78 Å². The molecule has 1 unspecified atom stereocenters. The van der Waals surface area contributed by atoms with Gasteiger partial charge in [0.15, 0.2) is 0 Å². The van der Waals surface area contributed by atoms with Gasteiger partial charge in [0.25, 0.3) is 0 Å². The normalized spacial score (nSPS) is 19.6. The van der Waals surface area contributed by atoms with Crippen molar-refractivity contribution in [3.05, 3.63) is 35.4 Å². The van der Waals surface area contributed by atoms with E-state index >= 15 is 0 Å². The number of nitrogens with zero attached hydrogens (tertiary/aromatic N) is 2. The molecule has 1 aromatic rings. The SMILES string of the molecule is CC(c1ccc(F)cc1F)N1CCN(CCO)CC1. The van der Waals surface area contributed by atoms with Gasteiger partial charge < -0.3 is 5.11 Å². The van der Waals surface area contributed by atoms with Crippen molar-refractivity contribution in [2.75, 3.05) is 39.3 Å². The molecule has 1 heterocycles. The number of hydrogen-bond donors (Lipinski definition) is 1. The van der Waals surface area contributed by atoms with Crippen molar-refractivity contribution in [1.82, 2.24) is 9.80 Å². The average Bonchev–Trinajstić information content (AvgIpc) is 2.39. The van der Waals surface area contributed by atoms with Crippen LogP contribution in [0.5, 0.6) is 0 Å². The molecule has 0 spiro atoms. The van der Waals surface area contributed by atoms with E-state index in [2.05, 4.69) is 9.80 Å². The zero-order valence-electron chi connectivity index (χ0n) is 11.1. The highest BCUT2D eigenvalue weighted by atomic mass is 19.1. The molecule has 0 bridgehead atoms. The molecule has 0 radical (unpaired) electrons. The summed E-state index contributed by atoms with van der Waals surface area (Å²) in [5.74, 6) is -1.02. The van der Waals surface area contributed by atoms with Gasteiger partial charge in [0.2, 0.25) is 0 Å². The molecule has 19 heavy (non-hydrogen) atoms. The van der Waals surface area contributed by atoms with E-state index in [-0.39, 0.29) is 12.6 Å². The lowest BCUT2D eigenvalue weighted by Crippen LogP contribution is -2.47. The first-order valence-electron chi connectivity index (χ1n) is 6.64. The number of β-amino-alcohol motifs (C(OH)–C–C–N with tert-alkyl or cyclic N) is 1. The zero-order valence-corrected chi connectivity index (χ0v) is 11.1. The molecular weight excluding hydrogens is 250 g/mol. The first-order valence-corrected chi connectivity index (χ1v) is 6.64. The molecule has 1 aliphatic rings. The van der Waals surface area contributed by atoms with E-state index in [1.807, 2.05) is 6.92 Å². The molecule has 1 aromatic carbocycles. The molecule has 5 heteroatoms. The Bertz CT molecular complexity index is 420. The average molecular weight is 270 g/mol. The van der Waals surface area contributed by atoms with Crippen molar-refractivity contribution in [2.24, 2.45) is 0 Å². The van der Waals surface area contributed by atoms with Crippen LogP contribution in [-0.2, 0) is 0 Å². The molecule has 0 aliphatic carbocycles. The van der Waals surface area contributed by atoms with Gasteiger partial charge in [0, 0.05) is 50.4 Å². The molecule has 106 valence electrons. The first-order chi connectivity index (χ1) is 9.11. The predicted octanol–water partition coefficient (Wildman–Crippen LogP) is 1.64. The van der Waals surface area contributed by atoms with Crippen molar-refractivity contribution in [2.45, 2.75) is 13.0 Å². The second-order valence-corrected chi connectivity index (χ2v) is 4.94. The maximum absolute atomic E-state index is 13.7. The monoisotopic (exact) mass is 270 g/mol. The predicted molar refractivity (Wildman–Crippen MR) is 69.9 cm³/mol. The van der Waals surface area contributed by atoms with E-state index in [0.29, 0.717) is 12.1 Å². The van der Waals surface area contributed by atoms with Crippen LogP contribution in [0.2, 0.25) is 0 Å². The summed E-state index contributed by atoms with van der Waals surface area (Å²) in [5, 5.41) is 8.89. The number of aliphatic hydroxyl groups is 1. The van der Waals surface area contributed by atoms with E-state index in [1.165, 1.54) is 12.1 Å². The number of rotatable bonds is 4. The van der Waals surface area contributed by atoms with E-state index in [1.54, 1.807) is 0 Å². The van der Waals surface area contributed by atoms with Gasteiger partial charge in [-0.3, -0.25) is 9.80 Å². The van der Waals surface area contributed by atoms with Gasteiger partial charge in [0.05, 0.1) is 6.61 Å². The fraction of sp³-hybridized carbons (Fsp3) is 0.571. The van der Waals surface area contributed by atoms with Gasteiger partial charge in [-0.15, -0.1) is 0 Å². The molecule has 1 aliphatic heterocycles. The Morgan fingerprint density at radius 3 is 2.47 bits per heavy atom. The summed E-state index contributed by atoms with van der Waals surface area (Å²) in [6, 6.07) is 3.71. The highest BCUT2D eigenvalue weighted by Gasteiger charge is 2.23. The van der Waals surface area contributed by atoms with Crippen molar-refractivity contribution in [3.8, 4) is 0 Å². The maximum Gasteiger partial charge on any atom is 0.130 e. The quantitative estimate of drug-likeness (QED) is 0.901. The number of hydrogen-bond acceptors (Lipinski definition) is 3. The third kappa shape index (κ3) is 3.49. The second kappa shape index (κ2) is 6.41. The number of benzene rings is 1. The Morgan fingerprint density at radius 1 is 1.21 bits per heavy atom. The van der Waals surface area contributed by atoms with Crippen molar-refractivity contribution >= 4 is 0 Å². The molecular formula is C14H20F2N2O. The Hall–Kier alpha value is -1.04. The van der Waals surface area contributed by atoms with E-state index in [9.17, 15) is 8.78 Å². The lowest BCUT2D eigenvalue weighted by Gasteiger charge is -2.38. The molecule has 1 atom stereocenters. The van der Waals surface area contributed by atoms with Crippen LogP contribution in [0.15, 0.2) is 18.2 Å². The molecule has 3 nitrogen and oxygen atoms in total. The summed E-state index contributed by atoms with van der Waals surface area (Å²) in [5.41, 5.74) is 0.539. The highest BCUT2D eigenvalue weighted by molar-refractivity contribution is 5.21. The van der Waals surface area contributed by atoms with Gasteiger partial charge in [-0.05, 0) is 13.0 Å². The Labute approximate surface area is 112 Å². The summed E-state index contributed by atoms with van der Waals surface area (Å²) in [7, 11) is 0. The second-order valence-electron chi connectivity index (χ2n) is 4.94. The smallest absolute Gasteiger partial charge is 0.130 e. The van der Waals surface area contributed by atoms with Crippen LogP contribution in [0.1, 0.15) is 18.5 Å². The Balaban J connectivity index is 1.99. The molecule has 1 saturated heterocycles. The van der Waals surface area contributed by atoms with Crippen molar-refractivity contribution in [3.63, 3.8) is 0 Å². The first kappa shape index (κ1) is 14.4. The van der Waals surface area contributed by atoms with E-state index < -0.39 is 11.6 Å². The molecule has 2 rings (SSSR count). The number of piperazine rings is 1. The molecule has 0 aromatic heterocycles. The summed E-state index contributed by atoms with van der Waals surface area (Å²) in [6.45, 7) is 6.20. The van der Waals surface area contributed by atoms with Crippen LogP contribution < -0.4 is 0 Å². The van der Waals surface area contributed by atoms with Crippen LogP contribution in [0.3, 0.4) is 0 Å². The Morgan fingerprint density at radius 2 is 1.89 bits per heavy atom. The third-order valence-corrected chi connectivity index (χ3v) is 3.78. The largest absolute Gasteiger partial charge is 0.395 e. The van der Waals surface area contributed by atoms with Crippen molar-refractivity contribution < 1.29 is 13.9 Å². The van der Waals surface area contributed by atoms with Gasteiger partial charge >= 0.3 is 0 Å². The van der Waals surface area contributed by atoms with E-state index in [4.69, 9.17) is 5.11 Å². The van der Waals surface area contributed by atoms with Crippen LogP contribution in [0, 0.1) is 11.6 Å². The number of aliphatic hydroxyl groups excluding tert-OH is 1. The van der Waals surface area contributed by atoms with Crippen LogP contribution in [-0.4, -0.2) is 54.2 Å². The van der Waals surface area contributed by atoms with Gasteiger partial charge in [-0.1, -0.05) is 6.07 Å². The fourth-order valence-corrected chi connectivity index (χ4v) is 2.55. The number of halogens is 2.